The third kappa shape index (κ3) is 3.54. The van der Waals surface area contributed by atoms with Crippen molar-refractivity contribution in [1.29, 1.82) is 0 Å². The zero-order valence-corrected chi connectivity index (χ0v) is 10.0. The number of hydrogen-bond donors (Lipinski definition) is 6. The number of hydrogen-bond acceptors (Lipinski definition) is 7. The van der Waals surface area contributed by atoms with Gasteiger partial charge in [0.2, 0.25) is 0 Å². The first-order valence-electron chi connectivity index (χ1n) is 5.17. The van der Waals surface area contributed by atoms with Gasteiger partial charge in [-0.05, 0) is 6.92 Å². The molecule has 0 spiro atoms. The molecule has 1 saturated heterocycles. The van der Waals surface area contributed by atoms with E-state index in [0.717, 1.165) is 11.8 Å². The number of rotatable bonds is 5. The molecule has 1 fully saturated rings. The molecule has 0 aromatic carbocycles. The largest absolute Gasteiger partial charge is 0.480 e. The highest BCUT2D eigenvalue weighted by atomic mass is 32.2. The van der Waals surface area contributed by atoms with E-state index in [1.807, 2.05) is 0 Å². The van der Waals surface area contributed by atoms with Crippen LogP contribution >= 0.6 is 11.8 Å². The van der Waals surface area contributed by atoms with Crippen LogP contribution < -0.4 is 5.32 Å². The molecule has 1 heterocycles. The fourth-order valence-corrected chi connectivity index (χ4v) is 2.76. The molecule has 6 atom stereocenters. The van der Waals surface area contributed by atoms with Crippen molar-refractivity contribution in [1.82, 2.24) is 5.32 Å². The minimum Gasteiger partial charge on any atom is -0.480 e. The first-order valence-corrected chi connectivity index (χ1v) is 6.22. The Balaban J connectivity index is 2.54. The summed E-state index contributed by atoms with van der Waals surface area (Å²) in [5.74, 6) is -0.757. The van der Waals surface area contributed by atoms with Crippen molar-refractivity contribution < 1.29 is 30.3 Å². The van der Waals surface area contributed by atoms with Crippen molar-refractivity contribution in [2.75, 3.05) is 5.75 Å². The summed E-state index contributed by atoms with van der Waals surface area (Å²) < 4.78 is 0. The van der Waals surface area contributed by atoms with Gasteiger partial charge in [0.25, 0.3) is 0 Å². The van der Waals surface area contributed by atoms with Crippen LogP contribution in [-0.2, 0) is 4.79 Å². The van der Waals surface area contributed by atoms with E-state index < -0.39 is 41.8 Å². The zero-order valence-electron chi connectivity index (χ0n) is 9.22. The highest BCUT2D eigenvalue weighted by Gasteiger charge is 2.39. The molecule has 0 aromatic heterocycles. The van der Waals surface area contributed by atoms with Crippen LogP contribution in [0.3, 0.4) is 0 Å². The average molecular weight is 267 g/mol. The smallest absolute Gasteiger partial charge is 0.321 e. The molecule has 0 radical (unpaired) electrons. The molecule has 17 heavy (non-hydrogen) atoms. The number of thioether (sulfide) groups is 1. The Bertz CT molecular complexity index is 276. The third-order valence-electron chi connectivity index (χ3n) is 2.61. The number of aliphatic carboxylic acids is 1. The molecule has 0 amide bonds. The minimum absolute atomic E-state index is 0.272. The van der Waals surface area contributed by atoms with Crippen LogP contribution in [0.5, 0.6) is 0 Å². The van der Waals surface area contributed by atoms with E-state index in [4.69, 9.17) is 10.2 Å². The number of aliphatic hydroxyl groups excluding tert-OH is 4. The van der Waals surface area contributed by atoms with Crippen LogP contribution in [0.15, 0.2) is 0 Å². The van der Waals surface area contributed by atoms with E-state index in [1.165, 1.54) is 6.92 Å². The van der Waals surface area contributed by atoms with Gasteiger partial charge in [-0.3, -0.25) is 10.1 Å². The molecular formula is C9H17NO6S. The lowest BCUT2D eigenvalue weighted by Gasteiger charge is -2.28. The van der Waals surface area contributed by atoms with Crippen LogP contribution in [0.1, 0.15) is 6.92 Å². The summed E-state index contributed by atoms with van der Waals surface area (Å²) in [6, 6.07) is -0.782. The predicted octanol–water partition coefficient (Wildman–Crippen LogP) is -2.43. The number of carbonyl (C=O) groups is 1. The van der Waals surface area contributed by atoms with Gasteiger partial charge < -0.3 is 25.5 Å². The maximum Gasteiger partial charge on any atom is 0.321 e. The van der Waals surface area contributed by atoms with Gasteiger partial charge in [-0.1, -0.05) is 0 Å². The van der Waals surface area contributed by atoms with Crippen molar-refractivity contribution in [2.45, 2.75) is 42.8 Å². The standard InChI is InChI=1S/C9H17NO6S/c1-3(11)5(12)6(13)7(14)8-10-4(2-17-8)9(15)16/h3-8,10-14H,2H2,1H3,(H,15,16)/t3-,4+,5+,6+,7-,8-/m1/s1. The van der Waals surface area contributed by atoms with Crippen molar-refractivity contribution >= 4 is 17.7 Å². The lowest BCUT2D eigenvalue weighted by molar-refractivity contribution is -0.139. The van der Waals surface area contributed by atoms with Gasteiger partial charge in [-0.25, -0.2) is 0 Å². The quantitative estimate of drug-likeness (QED) is 0.324. The summed E-state index contributed by atoms with van der Waals surface area (Å²) >= 11 is 1.15. The Morgan fingerprint density at radius 3 is 2.29 bits per heavy atom. The number of nitrogens with one attached hydrogen (secondary N) is 1. The van der Waals surface area contributed by atoms with Gasteiger partial charge in [0, 0.05) is 5.75 Å². The van der Waals surface area contributed by atoms with Crippen LogP contribution in [0.4, 0.5) is 0 Å². The lowest BCUT2D eigenvalue weighted by Crippen LogP contribution is -2.51. The molecule has 0 aliphatic carbocycles. The van der Waals surface area contributed by atoms with Gasteiger partial charge in [-0.15, -0.1) is 11.8 Å². The van der Waals surface area contributed by atoms with E-state index >= 15 is 0 Å². The van der Waals surface area contributed by atoms with Crippen LogP contribution in [-0.4, -0.2) is 73.1 Å². The maximum absolute atomic E-state index is 10.7. The molecule has 0 bridgehead atoms. The Kier molecular flexibility index (Phi) is 5.17. The molecule has 7 nitrogen and oxygen atoms in total. The van der Waals surface area contributed by atoms with Crippen molar-refractivity contribution in [3.8, 4) is 0 Å². The molecule has 100 valence electrons. The molecule has 1 aliphatic rings. The minimum atomic E-state index is -1.53. The van der Waals surface area contributed by atoms with Gasteiger partial charge in [0.15, 0.2) is 0 Å². The monoisotopic (exact) mass is 267 g/mol. The zero-order chi connectivity index (χ0) is 13.2. The summed E-state index contributed by atoms with van der Waals surface area (Å²) in [7, 11) is 0. The summed E-state index contributed by atoms with van der Waals surface area (Å²) in [5.41, 5.74) is 0. The summed E-state index contributed by atoms with van der Waals surface area (Å²) in [5, 5.41) is 48.5. The fraction of sp³-hybridized carbons (Fsp3) is 0.889. The van der Waals surface area contributed by atoms with E-state index in [1.54, 1.807) is 0 Å². The van der Waals surface area contributed by atoms with Crippen molar-refractivity contribution in [3.05, 3.63) is 0 Å². The first-order chi connectivity index (χ1) is 7.84. The Labute approximate surface area is 102 Å². The first kappa shape index (κ1) is 14.7. The second-order valence-electron chi connectivity index (χ2n) is 4.02. The molecule has 6 N–H and O–H groups in total. The molecule has 0 saturated carbocycles. The normalized spacial score (nSPS) is 31.8. The van der Waals surface area contributed by atoms with Gasteiger partial charge in [0.1, 0.15) is 24.4 Å². The summed E-state index contributed by atoms with van der Waals surface area (Å²) in [6.45, 7) is 1.29. The number of aliphatic hydroxyl groups is 4. The second kappa shape index (κ2) is 5.98. The Morgan fingerprint density at radius 1 is 1.29 bits per heavy atom. The average Bonchev–Trinajstić information content (AvgIpc) is 2.75. The van der Waals surface area contributed by atoms with Crippen LogP contribution in [0, 0.1) is 0 Å². The molecule has 8 heteroatoms. The lowest BCUT2D eigenvalue weighted by atomic mass is 10.0. The fourth-order valence-electron chi connectivity index (χ4n) is 1.50. The molecule has 0 aromatic rings. The number of carboxylic acid groups (broad SMARTS) is 1. The second-order valence-corrected chi connectivity index (χ2v) is 5.20. The van der Waals surface area contributed by atoms with Crippen molar-refractivity contribution in [3.63, 3.8) is 0 Å². The SMILES string of the molecule is C[C@@H](O)[C@H](O)[C@H](O)[C@@H](O)[C@@H]1N[C@H](C(=O)O)CS1. The van der Waals surface area contributed by atoms with Gasteiger partial charge >= 0.3 is 5.97 Å². The highest BCUT2D eigenvalue weighted by molar-refractivity contribution is 8.00. The third-order valence-corrected chi connectivity index (χ3v) is 3.91. The highest BCUT2D eigenvalue weighted by Crippen LogP contribution is 2.24. The van der Waals surface area contributed by atoms with E-state index in [-0.39, 0.29) is 5.75 Å². The van der Waals surface area contributed by atoms with E-state index in [9.17, 15) is 20.1 Å². The Morgan fingerprint density at radius 2 is 1.88 bits per heavy atom. The Hall–Kier alpha value is -0.380. The maximum atomic E-state index is 10.7. The van der Waals surface area contributed by atoms with Crippen molar-refractivity contribution in [2.24, 2.45) is 0 Å². The molecule has 1 aliphatic heterocycles. The van der Waals surface area contributed by atoms with E-state index in [2.05, 4.69) is 5.32 Å². The summed E-state index contributed by atoms with van der Waals surface area (Å²) in [4.78, 5) is 10.7. The van der Waals surface area contributed by atoms with E-state index in [0.29, 0.717) is 0 Å². The molecule has 0 unspecified atom stereocenters. The topological polar surface area (TPSA) is 130 Å². The predicted molar refractivity (Wildman–Crippen MR) is 60.5 cm³/mol. The van der Waals surface area contributed by atoms with Gasteiger partial charge in [0.05, 0.1) is 11.5 Å². The molecule has 1 rings (SSSR count). The number of carboxylic acids is 1. The van der Waals surface area contributed by atoms with Gasteiger partial charge in [-0.2, -0.15) is 0 Å². The molecular weight excluding hydrogens is 250 g/mol. The summed E-state index contributed by atoms with van der Waals surface area (Å²) in [6.07, 6.45) is -5.54. The van der Waals surface area contributed by atoms with Crippen LogP contribution in [0.2, 0.25) is 0 Å². The van der Waals surface area contributed by atoms with Crippen LogP contribution in [0.25, 0.3) is 0 Å².